The van der Waals surface area contributed by atoms with Crippen LogP contribution in [0.5, 0.6) is 0 Å². The van der Waals surface area contributed by atoms with Gasteiger partial charge in [0.05, 0.1) is 16.5 Å². The molecule has 0 atom stereocenters. The van der Waals surface area contributed by atoms with Crippen LogP contribution in [0.2, 0.25) is 0 Å². The number of rotatable bonds is 5. The summed E-state index contributed by atoms with van der Waals surface area (Å²) in [7, 11) is -3.14. The molecule has 0 N–H and O–H groups in total. The van der Waals surface area contributed by atoms with E-state index in [1.807, 2.05) is 31.2 Å². The lowest BCUT2D eigenvalue weighted by Crippen LogP contribution is -2.06. The van der Waals surface area contributed by atoms with Gasteiger partial charge in [-0.15, -0.1) is 11.3 Å². The molecule has 0 aliphatic rings. The fraction of sp³-hybridized carbons (Fsp3) is 0.400. The first kappa shape index (κ1) is 15.2. The normalized spacial score (nSPS) is 12.0. The van der Waals surface area contributed by atoms with Gasteiger partial charge in [0.2, 0.25) is 0 Å². The van der Waals surface area contributed by atoms with Crippen molar-refractivity contribution in [2.75, 3.05) is 0 Å². The maximum Gasteiger partial charge on any atom is 0.159 e. The van der Waals surface area contributed by atoms with Gasteiger partial charge in [0.25, 0.3) is 0 Å². The molecule has 0 spiro atoms. The molecule has 0 aliphatic heterocycles. The summed E-state index contributed by atoms with van der Waals surface area (Å²) in [5.74, 6) is 0.619. The molecule has 20 heavy (non-hydrogen) atoms. The third-order valence-corrected chi connectivity index (χ3v) is 5.68. The first-order valence-corrected chi connectivity index (χ1v) is 9.20. The minimum atomic E-state index is -3.14. The molecule has 0 bridgehead atoms. The Kier molecular flexibility index (Phi) is 4.60. The van der Waals surface area contributed by atoms with Crippen molar-refractivity contribution in [3.8, 4) is 0 Å². The van der Waals surface area contributed by atoms with Crippen molar-refractivity contribution >= 4 is 21.2 Å². The third-order valence-electron chi connectivity index (χ3n) is 3.06. The minimum absolute atomic E-state index is 0.0738. The molecule has 0 unspecified atom stereocenters. The fourth-order valence-corrected chi connectivity index (χ4v) is 4.67. The Hall–Kier alpha value is -1.20. The number of sulfone groups is 1. The maximum absolute atomic E-state index is 12.2. The lowest BCUT2D eigenvalue weighted by atomic mass is 10.0. The van der Waals surface area contributed by atoms with Crippen LogP contribution >= 0.6 is 11.3 Å². The lowest BCUT2D eigenvalue weighted by Gasteiger charge is -2.07. The second kappa shape index (κ2) is 6.06. The first-order valence-electron chi connectivity index (χ1n) is 6.56. The Morgan fingerprint density at radius 2 is 1.80 bits per heavy atom. The van der Waals surface area contributed by atoms with Gasteiger partial charge in [0.1, 0.15) is 0 Å². The van der Waals surface area contributed by atoms with Crippen molar-refractivity contribution in [3.05, 3.63) is 51.5 Å². The van der Waals surface area contributed by atoms with Crippen molar-refractivity contribution in [2.24, 2.45) is 0 Å². The van der Waals surface area contributed by atoms with Gasteiger partial charge in [0.15, 0.2) is 9.84 Å². The number of aryl methyl sites for hydroxylation is 1. The van der Waals surface area contributed by atoms with E-state index in [-0.39, 0.29) is 11.5 Å². The van der Waals surface area contributed by atoms with E-state index in [0.29, 0.717) is 5.92 Å². The first-order chi connectivity index (χ1) is 9.35. The number of aromatic nitrogens is 1. The van der Waals surface area contributed by atoms with Gasteiger partial charge in [-0.05, 0) is 24.0 Å². The van der Waals surface area contributed by atoms with Gasteiger partial charge >= 0.3 is 0 Å². The zero-order chi connectivity index (χ0) is 14.8. The Labute approximate surface area is 124 Å². The van der Waals surface area contributed by atoms with E-state index >= 15 is 0 Å². The topological polar surface area (TPSA) is 47.0 Å². The van der Waals surface area contributed by atoms with Gasteiger partial charge in [-0.3, -0.25) is 0 Å². The Balaban J connectivity index is 2.08. The highest BCUT2D eigenvalue weighted by Crippen LogP contribution is 2.19. The van der Waals surface area contributed by atoms with Gasteiger partial charge in [-0.1, -0.05) is 38.1 Å². The quantitative estimate of drug-likeness (QED) is 0.846. The van der Waals surface area contributed by atoms with Crippen LogP contribution in [-0.4, -0.2) is 13.4 Å². The average molecular weight is 309 g/mol. The molecule has 108 valence electrons. The molecule has 1 aromatic heterocycles. The number of hydrogen-bond acceptors (Lipinski definition) is 4. The van der Waals surface area contributed by atoms with Crippen LogP contribution in [0.25, 0.3) is 0 Å². The van der Waals surface area contributed by atoms with E-state index < -0.39 is 9.84 Å². The molecular weight excluding hydrogens is 290 g/mol. The second-order valence-electron chi connectivity index (χ2n) is 5.27. The van der Waals surface area contributed by atoms with E-state index in [9.17, 15) is 8.42 Å². The highest BCUT2D eigenvalue weighted by Gasteiger charge is 2.15. The van der Waals surface area contributed by atoms with Crippen LogP contribution in [0.3, 0.4) is 0 Å². The smallest absolute Gasteiger partial charge is 0.159 e. The number of hydrogen-bond donors (Lipinski definition) is 0. The number of nitrogens with zero attached hydrogens (tertiary/aromatic N) is 1. The summed E-state index contributed by atoms with van der Waals surface area (Å²) in [6.45, 7) is 6.13. The highest BCUT2D eigenvalue weighted by atomic mass is 32.2. The zero-order valence-electron chi connectivity index (χ0n) is 12.0. The maximum atomic E-state index is 12.2. The third kappa shape index (κ3) is 4.15. The fourth-order valence-electron chi connectivity index (χ4n) is 1.99. The van der Waals surface area contributed by atoms with Crippen LogP contribution in [0.15, 0.2) is 30.5 Å². The summed E-state index contributed by atoms with van der Waals surface area (Å²) < 4.78 is 24.4. The van der Waals surface area contributed by atoms with Crippen molar-refractivity contribution in [3.63, 3.8) is 0 Å². The zero-order valence-corrected chi connectivity index (χ0v) is 13.6. The standard InChI is InChI=1S/C15H19NO2S2/c1-11(2)14-6-4-13(5-7-14)9-20(17,18)10-15-8-16-12(3)19-15/h4-8,11H,9-10H2,1-3H3. The summed E-state index contributed by atoms with van der Waals surface area (Å²) in [5.41, 5.74) is 2.07. The molecule has 0 saturated heterocycles. The Morgan fingerprint density at radius 1 is 1.15 bits per heavy atom. The molecule has 1 aromatic carbocycles. The van der Waals surface area contributed by atoms with Crippen LogP contribution in [-0.2, 0) is 21.3 Å². The largest absolute Gasteiger partial charge is 0.250 e. The Morgan fingerprint density at radius 3 is 2.30 bits per heavy atom. The summed E-state index contributed by atoms with van der Waals surface area (Å²) >= 11 is 1.44. The van der Waals surface area contributed by atoms with E-state index in [1.54, 1.807) is 6.20 Å². The SMILES string of the molecule is Cc1ncc(CS(=O)(=O)Cc2ccc(C(C)C)cc2)s1. The van der Waals surface area contributed by atoms with Crippen LogP contribution in [0.4, 0.5) is 0 Å². The van der Waals surface area contributed by atoms with Gasteiger partial charge in [0, 0.05) is 11.1 Å². The molecule has 0 saturated carbocycles. The van der Waals surface area contributed by atoms with Crippen molar-refractivity contribution < 1.29 is 8.42 Å². The summed E-state index contributed by atoms with van der Waals surface area (Å²) in [5, 5.41) is 0.900. The molecule has 5 heteroatoms. The van der Waals surface area contributed by atoms with E-state index in [4.69, 9.17) is 0 Å². The van der Waals surface area contributed by atoms with E-state index in [1.165, 1.54) is 16.9 Å². The summed E-state index contributed by atoms with van der Waals surface area (Å²) in [4.78, 5) is 4.90. The monoisotopic (exact) mass is 309 g/mol. The van der Waals surface area contributed by atoms with Gasteiger partial charge in [-0.25, -0.2) is 13.4 Å². The predicted molar refractivity (Wildman–Crippen MR) is 83.7 cm³/mol. The van der Waals surface area contributed by atoms with Crippen LogP contribution < -0.4 is 0 Å². The van der Waals surface area contributed by atoms with Crippen LogP contribution in [0.1, 0.15) is 40.8 Å². The van der Waals surface area contributed by atoms with Crippen molar-refractivity contribution in [2.45, 2.75) is 38.2 Å². The van der Waals surface area contributed by atoms with Gasteiger partial charge < -0.3 is 0 Å². The second-order valence-corrected chi connectivity index (χ2v) is 8.66. The van der Waals surface area contributed by atoms with Crippen molar-refractivity contribution in [1.82, 2.24) is 4.98 Å². The highest BCUT2D eigenvalue weighted by molar-refractivity contribution is 7.90. The minimum Gasteiger partial charge on any atom is -0.250 e. The molecule has 2 aromatic rings. The van der Waals surface area contributed by atoms with E-state index in [2.05, 4.69) is 18.8 Å². The lowest BCUT2D eigenvalue weighted by molar-refractivity contribution is 0.595. The molecule has 0 radical (unpaired) electrons. The summed E-state index contributed by atoms with van der Waals surface area (Å²) in [6.07, 6.45) is 1.65. The predicted octanol–water partition coefficient (Wildman–Crippen LogP) is 3.69. The van der Waals surface area contributed by atoms with Gasteiger partial charge in [-0.2, -0.15) is 0 Å². The van der Waals surface area contributed by atoms with Crippen molar-refractivity contribution in [1.29, 1.82) is 0 Å². The Bertz CT molecular complexity index is 670. The molecule has 0 fully saturated rings. The average Bonchev–Trinajstić information content (AvgIpc) is 2.73. The van der Waals surface area contributed by atoms with Crippen LogP contribution in [0, 0.1) is 6.92 Å². The molecule has 0 aliphatic carbocycles. The van der Waals surface area contributed by atoms with E-state index in [0.717, 1.165) is 15.4 Å². The molecular formula is C15H19NO2S2. The molecule has 1 heterocycles. The number of benzene rings is 1. The molecule has 0 amide bonds. The number of thiazole rings is 1. The summed E-state index contributed by atoms with van der Waals surface area (Å²) in [6, 6.07) is 7.83. The molecule has 2 rings (SSSR count). The molecule has 3 nitrogen and oxygen atoms in total.